The number of hydrogen-bond acceptors (Lipinski definition) is 6. The zero-order chi connectivity index (χ0) is 50.6. The number of nitrogens with zero attached hydrogens (tertiary/aromatic N) is 1. The van der Waals surface area contributed by atoms with Crippen molar-refractivity contribution in [3.05, 3.63) is 72.9 Å². The molecule has 1 amide bonds. The van der Waals surface area contributed by atoms with Gasteiger partial charge in [-0.15, -0.1) is 0 Å². The number of hydrogen-bond donors (Lipinski definition) is 2. The Bertz CT molecular complexity index is 1350. The van der Waals surface area contributed by atoms with Crippen molar-refractivity contribution in [1.29, 1.82) is 0 Å². The lowest BCUT2D eigenvalue weighted by atomic mass is 10.0. The van der Waals surface area contributed by atoms with Crippen LogP contribution in [0.1, 0.15) is 251 Å². The van der Waals surface area contributed by atoms with Gasteiger partial charge in [0.15, 0.2) is 0 Å². The summed E-state index contributed by atoms with van der Waals surface area (Å²) in [6, 6.07) is -0.915. The molecule has 0 aromatic heterocycles. The van der Waals surface area contributed by atoms with Gasteiger partial charge in [0.1, 0.15) is 13.2 Å². The molecule has 0 spiro atoms. The van der Waals surface area contributed by atoms with Crippen molar-refractivity contribution in [1.82, 2.24) is 5.32 Å². The van der Waals surface area contributed by atoms with E-state index in [1.54, 1.807) is 6.08 Å². The average molecular weight is 988 g/mol. The molecule has 0 saturated heterocycles. The summed E-state index contributed by atoms with van der Waals surface area (Å²) in [7, 11) is 1.23. The van der Waals surface area contributed by atoms with Gasteiger partial charge in [0.25, 0.3) is 7.82 Å². The molecule has 2 N–H and O–H groups in total. The van der Waals surface area contributed by atoms with Gasteiger partial charge in [0, 0.05) is 6.42 Å². The molecule has 0 saturated carbocycles. The number of unbranched alkanes of at least 4 members (excludes halogenated alkanes) is 29. The first kappa shape index (κ1) is 66.9. The number of amides is 1. The van der Waals surface area contributed by atoms with E-state index in [-0.39, 0.29) is 12.5 Å². The van der Waals surface area contributed by atoms with Crippen LogP contribution in [0.3, 0.4) is 0 Å². The Morgan fingerprint density at radius 3 is 1.28 bits per heavy atom. The van der Waals surface area contributed by atoms with E-state index in [1.165, 1.54) is 173 Å². The minimum Gasteiger partial charge on any atom is -0.756 e. The molecule has 0 aliphatic heterocycles. The van der Waals surface area contributed by atoms with E-state index in [0.29, 0.717) is 17.4 Å². The summed E-state index contributed by atoms with van der Waals surface area (Å²) in [6.07, 6.45) is 69.8. The van der Waals surface area contributed by atoms with E-state index < -0.39 is 26.6 Å². The molecule has 0 aliphatic carbocycles. The third-order valence-electron chi connectivity index (χ3n) is 12.6. The molecule has 69 heavy (non-hydrogen) atoms. The van der Waals surface area contributed by atoms with E-state index in [1.807, 2.05) is 27.2 Å². The molecule has 402 valence electrons. The highest BCUT2D eigenvalue weighted by atomic mass is 31.2. The van der Waals surface area contributed by atoms with E-state index in [2.05, 4.69) is 79.9 Å². The van der Waals surface area contributed by atoms with Crippen molar-refractivity contribution in [2.24, 2.45) is 0 Å². The molecule has 0 bridgehead atoms. The third kappa shape index (κ3) is 53.6. The molecule has 3 unspecified atom stereocenters. The lowest BCUT2D eigenvalue weighted by Gasteiger charge is -2.29. The van der Waals surface area contributed by atoms with Crippen molar-refractivity contribution in [2.75, 3.05) is 40.9 Å². The second-order valence-corrected chi connectivity index (χ2v) is 22.0. The Labute approximate surface area is 427 Å². The number of phosphoric ester groups is 1. The van der Waals surface area contributed by atoms with Gasteiger partial charge in [-0.05, 0) is 83.5 Å². The lowest BCUT2D eigenvalue weighted by molar-refractivity contribution is -0.870. The minimum absolute atomic E-state index is 0.0117. The largest absolute Gasteiger partial charge is 0.756 e. The molecule has 9 heteroatoms. The monoisotopic (exact) mass is 987 g/mol. The van der Waals surface area contributed by atoms with Crippen molar-refractivity contribution >= 4 is 13.7 Å². The van der Waals surface area contributed by atoms with Gasteiger partial charge in [0.05, 0.1) is 39.9 Å². The molecule has 0 rings (SSSR count). The summed E-state index contributed by atoms with van der Waals surface area (Å²) in [4.78, 5) is 25.5. The van der Waals surface area contributed by atoms with Crippen LogP contribution in [0.15, 0.2) is 72.9 Å². The number of rotatable bonds is 52. The maximum Gasteiger partial charge on any atom is 0.268 e. The number of nitrogens with one attached hydrogen (secondary N) is 1. The van der Waals surface area contributed by atoms with Gasteiger partial charge in [-0.2, -0.15) is 0 Å². The van der Waals surface area contributed by atoms with Crippen molar-refractivity contribution in [3.63, 3.8) is 0 Å². The molecule has 0 aliphatic rings. The number of aliphatic hydroxyl groups is 1. The van der Waals surface area contributed by atoms with Gasteiger partial charge in [-0.1, -0.05) is 234 Å². The molecule has 0 radical (unpaired) electrons. The predicted molar refractivity (Wildman–Crippen MR) is 297 cm³/mol. The Balaban J connectivity index is 4.28. The van der Waals surface area contributed by atoms with Gasteiger partial charge in [0.2, 0.25) is 5.91 Å². The maximum absolute atomic E-state index is 13.0. The summed E-state index contributed by atoms with van der Waals surface area (Å²) in [5, 5.41) is 13.9. The van der Waals surface area contributed by atoms with Crippen LogP contribution in [-0.4, -0.2) is 68.5 Å². The molecule has 0 aromatic carbocycles. The third-order valence-corrected chi connectivity index (χ3v) is 13.6. The van der Waals surface area contributed by atoms with Crippen LogP contribution in [-0.2, 0) is 18.4 Å². The van der Waals surface area contributed by atoms with E-state index >= 15 is 0 Å². The molecule has 0 heterocycles. The number of aliphatic hydroxyl groups excluding tert-OH is 1. The number of carbonyl (C=O) groups is 1. The van der Waals surface area contributed by atoms with Crippen LogP contribution in [0.25, 0.3) is 0 Å². The summed E-state index contributed by atoms with van der Waals surface area (Å²) in [6.45, 7) is 4.62. The minimum atomic E-state index is -4.61. The summed E-state index contributed by atoms with van der Waals surface area (Å²) < 4.78 is 23.3. The van der Waals surface area contributed by atoms with Crippen molar-refractivity contribution < 1.29 is 32.9 Å². The normalized spacial score (nSPS) is 14.5. The number of phosphoric acid groups is 1. The second kappa shape index (κ2) is 50.9. The van der Waals surface area contributed by atoms with E-state index in [4.69, 9.17) is 9.05 Å². The number of carbonyl (C=O) groups excluding carboxylic acids is 1. The fourth-order valence-electron chi connectivity index (χ4n) is 8.07. The molecule has 0 fully saturated rings. The summed E-state index contributed by atoms with van der Waals surface area (Å²) in [5.41, 5.74) is 0. The fraction of sp³-hybridized carbons (Fsp3) is 0.783. The molecular formula is C60H111N2O6P. The quantitative estimate of drug-likeness (QED) is 0.0272. The molecule has 0 aromatic rings. The second-order valence-electron chi connectivity index (χ2n) is 20.6. The Kier molecular flexibility index (Phi) is 49.3. The maximum atomic E-state index is 13.0. The first-order valence-electron chi connectivity index (χ1n) is 28.8. The zero-order valence-corrected chi connectivity index (χ0v) is 46.6. The first-order valence-corrected chi connectivity index (χ1v) is 30.3. The first-order chi connectivity index (χ1) is 33.5. The zero-order valence-electron chi connectivity index (χ0n) is 45.8. The fourth-order valence-corrected chi connectivity index (χ4v) is 8.80. The highest BCUT2D eigenvalue weighted by Crippen LogP contribution is 2.38. The van der Waals surface area contributed by atoms with Crippen LogP contribution >= 0.6 is 7.82 Å². The number of likely N-dealkylation sites (N-methyl/N-ethyl adjacent to an activating group) is 1. The molecule has 3 atom stereocenters. The van der Waals surface area contributed by atoms with Crippen molar-refractivity contribution in [3.8, 4) is 0 Å². The Morgan fingerprint density at radius 1 is 0.507 bits per heavy atom. The van der Waals surface area contributed by atoms with Crippen LogP contribution in [0, 0.1) is 0 Å². The van der Waals surface area contributed by atoms with Gasteiger partial charge >= 0.3 is 0 Å². The van der Waals surface area contributed by atoms with Crippen LogP contribution in [0.2, 0.25) is 0 Å². The van der Waals surface area contributed by atoms with Gasteiger partial charge < -0.3 is 28.8 Å². The Hall–Kier alpha value is -2.06. The topological polar surface area (TPSA) is 108 Å². The molecular weight excluding hydrogens is 876 g/mol. The van der Waals surface area contributed by atoms with Gasteiger partial charge in [-0.25, -0.2) is 0 Å². The number of quaternary nitrogens is 1. The SMILES string of the molecule is CCCCCCC/C=C\C/C=C\C/C=C\CCCCCCCCCCCCCCC(=O)NC(COP(=O)([O-])OCC[N+](C)(C)C)C(O)/C=C/CC/C=C/CC/C=C/CCCCCCCCCCCC. The highest BCUT2D eigenvalue weighted by Gasteiger charge is 2.23. The van der Waals surface area contributed by atoms with Crippen molar-refractivity contribution in [2.45, 2.75) is 264 Å². The van der Waals surface area contributed by atoms with Crippen LogP contribution in [0.5, 0.6) is 0 Å². The predicted octanol–water partition coefficient (Wildman–Crippen LogP) is 16.9. The average Bonchev–Trinajstić information content (AvgIpc) is 3.31. The smallest absolute Gasteiger partial charge is 0.268 e. The summed E-state index contributed by atoms with van der Waals surface area (Å²) in [5.74, 6) is -0.214. The lowest BCUT2D eigenvalue weighted by Crippen LogP contribution is -2.45. The van der Waals surface area contributed by atoms with Gasteiger partial charge in [-0.3, -0.25) is 9.36 Å². The van der Waals surface area contributed by atoms with E-state index in [9.17, 15) is 19.4 Å². The summed E-state index contributed by atoms with van der Waals surface area (Å²) >= 11 is 0. The van der Waals surface area contributed by atoms with Crippen LogP contribution in [0.4, 0.5) is 0 Å². The Morgan fingerprint density at radius 2 is 0.855 bits per heavy atom. The molecule has 8 nitrogen and oxygen atoms in total. The van der Waals surface area contributed by atoms with E-state index in [0.717, 1.165) is 57.8 Å². The highest BCUT2D eigenvalue weighted by molar-refractivity contribution is 7.45. The number of allylic oxidation sites excluding steroid dienone is 11. The standard InChI is InChI=1S/C60H111N2O6P/c1-6-8-10-12-14-16-18-20-22-24-26-28-29-30-31-32-33-34-36-38-40-42-44-46-48-50-52-54-60(64)61-58(57-68-69(65,66)67-56-55-62(3,4)5)59(63)53-51-49-47-45-43-41-39-37-35-27-25-23-21-19-17-15-13-11-9-7-2/h18,20,24,26,29-30,35,37,43,45,51,53,58-59,63H,6-17,19,21-23,25,27-28,31-34,36,38-42,44,46-50,52,54-57H2,1-5H3,(H-,61,64,65,66)/b20-18-,26-24-,30-29-,37-35+,45-43+,53-51+. The van der Waals surface area contributed by atoms with Crippen LogP contribution < -0.4 is 10.2 Å².